The van der Waals surface area contributed by atoms with Gasteiger partial charge < -0.3 is 9.88 Å². The fourth-order valence-corrected chi connectivity index (χ4v) is 3.36. The van der Waals surface area contributed by atoms with Crippen LogP contribution in [0.3, 0.4) is 0 Å². The standard InChI is InChI=1S/C19H17F3N4OS/c1-11(15-8-7-14(21)9-16(15)22)23-17(27)10-28-19-25-24-18(26(19)2)12-3-5-13(20)6-4-12/h3-9,11H,10H2,1-2H3,(H,23,27)/t11-/m1/s1. The molecule has 28 heavy (non-hydrogen) atoms. The van der Waals surface area contributed by atoms with Gasteiger partial charge in [0.05, 0.1) is 11.8 Å². The van der Waals surface area contributed by atoms with Gasteiger partial charge in [0.25, 0.3) is 0 Å². The second kappa shape index (κ2) is 8.47. The van der Waals surface area contributed by atoms with Gasteiger partial charge in [-0.2, -0.15) is 0 Å². The molecule has 0 aliphatic carbocycles. The minimum atomic E-state index is -0.710. The molecule has 3 aromatic rings. The van der Waals surface area contributed by atoms with Crippen LogP contribution in [0.15, 0.2) is 47.6 Å². The topological polar surface area (TPSA) is 59.8 Å². The van der Waals surface area contributed by atoms with E-state index in [1.54, 1.807) is 30.7 Å². The predicted octanol–water partition coefficient (Wildman–Crippen LogP) is 3.87. The van der Waals surface area contributed by atoms with Crippen molar-refractivity contribution in [2.75, 3.05) is 5.75 Å². The lowest BCUT2D eigenvalue weighted by Gasteiger charge is -2.15. The van der Waals surface area contributed by atoms with Crippen molar-refractivity contribution in [2.24, 2.45) is 7.05 Å². The van der Waals surface area contributed by atoms with Crippen molar-refractivity contribution in [1.82, 2.24) is 20.1 Å². The number of halogens is 3. The fourth-order valence-electron chi connectivity index (χ4n) is 2.63. The Labute approximate surface area is 164 Å². The van der Waals surface area contributed by atoms with Crippen LogP contribution in [0.2, 0.25) is 0 Å². The zero-order valence-corrected chi connectivity index (χ0v) is 15.9. The predicted molar refractivity (Wildman–Crippen MR) is 100 cm³/mol. The molecule has 3 rings (SSSR count). The van der Waals surface area contributed by atoms with E-state index >= 15 is 0 Å². The van der Waals surface area contributed by atoms with Gasteiger partial charge in [-0.1, -0.05) is 17.8 Å². The third-order valence-corrected chi connectivity index (χ3v) is 5.10. The van der Waals surface area contributed by atoms with Gasteiger partial charge in [-0.05, 0) is 37.3 Å². The van der Waals surface area contributed by atoms with Crippen molar-refractivity contribution < 1.29 is 18.0 Å². The van der Waals surface area contributed by atoms with Crippen LogP contribution in [0.4, 0.5) is 13.2 Å². The summed E-state index contributed by atoms with van der Waals surface area (Å²) in [6, 6.07) is 8.48. The van der Waals surface area contributed by atoms with E-state index in [4.69, 9.17) is 0 Å². The fraction of sp³-hybridized carbons (Fsp3) is 0.211. The minimum Gasteiger partial charge on any atom is -0.349 e. The second-order valence-electron chi connectivity index (χ2n) is 6.12. The number of aromatic nitrogens is 3. The van der Waals surface area contributed by atoms with Crippen molar-refractivity contribution in [3.8, 4) is 11.4 Å². The van der Waals surface area contributed by atoms with Crippen LogP contribution < -0.4 is 5.32 Å². The summed E-state index contributed by atoms with van der Waals surface area (Å²) in [5, 5.41) is 11.3. The highest BCUT2D eigenvalue weighted by Gasteiger charge is 2.16. The van der Waals surface area contributed by atoms with Gasteiger partial charge in [0.15, 0.2) is 11.0 Å². The number of carbonyl (C=O) groups is 1. The van der Waals surface area contributed by atoms with Gasteiger partial charge in [0.1, 0.15) is 17.5 Å². The van der Waals surface area contributed by atoms with Crippen LogP contribution in [0.1, 0.15) is 18.5 Å². The molecule has 1 amide bonds. The first-order valence-electron chi connectivity index (χ1n) is 8.37. The van der Waals surface area contributed by atoms with Crippen molar-refractivity contribution in [3.05, 3.63) is 65.5 Å². The van der Waals surface area contributed by atoms with E-state index in [0.29, 0.717) is 16.5 Å². The molecule has 146 valence electrons. The monoisotopic (exact) mass is 406 g/mol. The average molecular weight is 406 g/mol. The van der Waals surface area contributed by atoms with E-state index in [1.807, 2.05) is 0 Å². The molecular formula is C19H17F3N4OS. The van der Waals surface area contributed by atoms with Crippen LogP contribution in [-0.2, 0) is 11.8 Å². The van der Waals surface area contributed by atoms with E-state index in [0.717, 1.165) is 12.1 Å². The van der Waals surface area contributed by atoms with Crippen LogP contribution in [-0.4, -0.2) is 26.4 Å². The molecule has 5 nitrogen and oxygen atoms in total. The lowest BCUT2D eigenvalue weighted by molar-refractivity contribution is -0.119. The Bertz CT molecular complexity index is 991. The first-order chi connectivity index (χ1) is 13.3. The molecule has 1 N–H and O–H groups in total. The number of rotatable bonds is 6. The molecule has 0 saturated heterocycles. The summed E-state index contributed by atoms with van der Waals surface area (Å²) in [6.07, 6.45) is 0. The number of hydrogen-bond acceptors (Lipinski definition) is 4. The molecule has 0 bridgehead atoms. The van der Waals surface area contributed by atoms with Crippen molar-refractivity contribution >= 4 is 17.7 Å². The summed E-state index contributed by atoms with van der Waals surface area (Å²) in [5.74, 6) is -1.46. The maximum atomic E-state index is 13.8. The number of benzene rings is 2. The average Bonchev–Trinajstić information content (AvgIpc) is 3.01. The zero-order valence-electron chi connectivity index (χ0n) is 15.1. The van der Waals surface area contributed by atoms with Crippen molar-refractivity contribution in [2.45, 2.75) is 18.1 Å². The lowest BCUT2D eigenvalue weighted by Crippen LogP contribution is -2.28. The van der Waals surface area contributed by atoms with Crippen molar-refractivity contribution in [1.29, 1.82) is 0 Å². The molecule has 1 heterocycles. The molecule has 0 aliphatic heterocycles. The highest BCUT2D eigenvalue weighted by Crippen LogP contribution is 2.23. The molecule has 1 atom stereocenters. The normalized spacial score (nSPS) is 12.0. The Balaban J connectivity index is 1.61. The third kappa shape index (κ3) is 4.53. The Morgan fingerprint density at radius 3 is 2.46 bits per heavy atom. The van der Waals surface area contributed by atoms with Gasteiger partial charge in [0.2, 0.25) is 5.91 Å². The summed E-state index contributed by atoms with van der Waals surface area (Å²) in [6.45, 7) is 1.62. The summed E-state index contributed by atoms with van der Waals surface area (Å²) in [7, 11) is 1.75. The van der Waals surface area contributed by atoms with Crippen LogP contribution in [0.5, 0.6) is 0 Å². The van der Waals surface area contributed by atoms with E-state index in [1.165, 1.54) is 30.0 Å². The molecule has 0 radical (unpaired) electrons. The smallest absolute Gasteiger partial charge is 0.230 e. The summed E-state index contributed by atoms with van der Waals surface area (Å²) >= 11 is 1.17. The highest BCUT2D eigenvalue weighted by atomic mass is 32.2. The van der Waals surface area contributed by atoms with E-state index in [-0.39, 0.29) is 23.0 Å². The zero-order chi connectivity index (χ0) is 20.3. The van der Waals surface area contributed by atoms with Crippen LogP contribution >= 0.6 is 11.8 Å². The molecule has 0 fully saturated rings. The van der Waals surface area contributed by atoms with Gasteiger partial charge in [0, 0.05) is 24.2 Å². The molecule has 0 spiro atoms. The van der Waals surface area contributed by atoms with Gasteiger partial charge in [-0.15, -0.1) is 10.2 Å². The number of amides is 1. The summed E-state index contributed by atoms with van der Waals surface area (Å²) < 4.78 is 41.6. The Hall–Kier alpha value is -2.81. The molecule has 2 aromatic carbocycles. The molecule has 9 heteroatoms. The molecular weight excluding hydrogens is 389 g/mol. The molecule has 0 saturated carbocycles. The quantitative estimate of drug-likeness (QED) is 0.632. The first-order valence-corrected chi connectivity index (χ1v) is 9.36. The highest BCUT2D eigenvalue weighted by molar-refractivity contribution is 7.99. The number of carbonyl (C=O) groups excluding carboxylic acids is 1. The SMILES string of the molecule is C[C@@H](NC(=O)CSc1nnc(-c2ccc(F)cc2)n1C)c1ccc(F)cc1F. The lowest BCUT2D eigenvalue weighted by atomic mass is 10.1. The van der Waals surface area contributed by atoms with Crippen LogP contribution in [0, 0.1) is 17.5 Å². The maximum Gasteiger partial charge on any atom is 0.230 e. The van der Waals surface area contributed by atoms with E-state index in [9.17, 15) is 18.0 Å². The Morgan fingerprint density at radius 2 is 1.79 bits per heavy atom. The summed E-state index contributed by atoms with van der Waals surface area (Å²) in [5.41, 5.74) is 0.908. The molecule has 0 unspecified atom stereocenters. The van der Waals surface area contributed by atoms with Gasteiger partial charge in [-0.3, -0.25) is 4.79 Å². The Kier molecular flexibility index (Phi) is 6.03. The number of nitrogens with zero attached hydrogens (tertiary/aromatic N) is 3. The van der Waals surface area contributed by atoms with Gasteiger partial charge in [-0.25, -0.2) is 13.2 Å². The number of thioether (sulfide) groups is 1. The summed E-state index contributed by atoms with van der Waals surface area (Å²) in [4.78, 5) is 12.2. The number of hydrogen-bond donors (Lipinski definition) is 1. The van der Waals surface area contributed by atoms with E-state index < -0.39 is 17.7 Å². The third-order valence-electron chi connectivity index (χ3n) is 4.08. The molecule has 1 aromatic heterocycles. The first kappa shape index (κ1) is 19.9. The largest absolute Gasteiger partial charge is 0.349 e. The maximum absolute atomic E-state index is 13.8. The van der Waals surface area contributed by atoms with E-state index in [2.05, 4.69) is 15.5 Å². The van der Waals surface area contributed by atoms with Crippen LogP contribution in [0.25, 0.3) is 11.4 Å². The van der Waals surface area contributed by atoms with Gasteiger partial charge >= 0.3 is 0 Å². The van der Waals surface area contributed by atoms with Crippen molar-refractivity contribution in [3.63, 3.8) is 0 Å². The molecule has 0 aliphatic rings. The Morgan fingerprint density at radius 1 is 1.11 bits per heavy atom. The number of nitrogens with one attached hydrogen (secondary N) is 1. The second-order valence-corrected chi connectivity index (χ2v) is 7.06. The minimum absolute atomic E-state index is 0.0442.